The molecule has 0 radical (unpaired) electrons. The summed E-state index contributed by atoms with van der Waals surface area (Å²) in [5.74, 6) is -5.88. The number of anilines is 1. The lowest BCUT2D eigenvalue weighted by Gasteiger charge is -2.43. The Bertz CT molecular complexity index is 1000. The molecular weight excluding hydrogens is 494 g/mol. The van der Waals surface area contributed by atoms with Crippen LogP contribution >= 0.6 is 23.2 Å². The van der Waals surface area contributed by atoms with Crippen molar-refractivity contribution in [2.45, 2.75) is 44.9 Å². The molecule has 0 aliphatic heterocycles. The van der Waals surface area contributed by atoms with Crippen LogP contribution in [-0.2, 0) is 14.3 Å². The Balaban J connectivity index is 1.91. The van der Waals surface area contributed by atoms with Gasteiger partial charge in [0.25, 0.3) is 0 Å². The number of hydrogen-bond acceptors (Lipinski definition) is 3. The van der Waals surface area contributed by atoms with Crippen molar-refractivity contribution in [3.63, 3.8) is 0 Å². The van der Waals surface area contributed by atoms with Gasteiger partial charge >= 0.3 is 12.1 Å². The Morgan fingerprint density at radius 2 is 1.94 bits per heavy atom. The van der Waals surface area contributed by atoms with Gasteiger partial charge in [-0.3, -0.25) is 9.59 Å². The SMILES string of the molecule is COC(c1ccc(Cl)c(NC(=O)[C@H](C2C=CC(Cl)=CC2)[C@@H](C)C(F)(F)F)c1)C1(C(=O)O)CCC1. The van der Waals surface area contributed by atoms with Crippen molar-refractivity contribution in [1.82, 2.24) is 0 Å². The van der Waals surface area contributed by atoms with E-state index in [4.69, 9.17) is 27.9 Å². The maximum Gasteiger partial charge on any atom is 0.392 e. The largest absolute Gasteiger partial charge is 0.481 e. The number of hydrogen-bond donors (Lipinski definition) is 2. The van der Waals surface area contributed by atoms with Crippen molar-refractivity contribution in [2.75, 3.05) is 12.4 Å². The van der Waals surface area contributed by atoms with Crippen molar-refractivity contribution >= 4 is 40.8 Å². The first kappa shape index (κ1) is 26.6. The van der Waals surface area contributed by atoms with Gasteiger partial charge in [-0.1, -0.05) is 54.8 Å². The average Bonchev–Trinajstić information content (AvgIpc) is 2.72. The van der Waals surface area contributed by atoms with Crippen LogP contribution in [0.15, 0.2) is 41.5 Å². The second kappa shape index (κ2) is 10.3. The van der Waals surface area contributed by atoms with Gasteiger partial charge in [-0.2, -0.15) is 13.2 Å². The summed E-state index contributed by atoms with van der Waals surface area (Å²) in [6.45, 7) is 0.976. The van der Waals surface area contributed by atoms with Gasteiger partial charge < -0.3 is 15.2 Å². The summed E-state index contributed by atoms with van der Waals surface area (Å²) in [5, 5.41) is 12.9. The number of nitrogens with one attached hydrogen (secondary N) is 1. The third kappa shape index (κ3) is 5.29. The van der Waals surface area contributed by atoms with E-state index in [-0.39, 0.29) is 17.1 Å². The van der Waals surface area contributed by atoms with E-state index in [0.717, 1.165) is 13.3 Å². The zero-order chi connectivity index (χ0) is 25.3. The first-order valence-corrected chi connectivity index (χ1v) is 11.6. The fourth-order valence-electron chi connectivity index (χ4n) is 4.72. The lowest BCUT2D eigenvalue weighted by molar-refractivity contribution is -0.188. The molecule has 1 saturated carbocycles. The van der Waals surface area contributed by atoms with E-state index in [1.165, 1.54) is 31.4 Å². The molecule has 3 rings (SSSR count). The first-order chi connectivity index (χ1) is 15.9. The zero-order valence-electron chi connectivity index (χ0n) is 18.7. The third-order valence-corrected chi connectivity index (χ3v) is 7.48. The van der Waals surface area contributed by atoms with E-state index in [0.29, 0.717) is 23.4 Å². The molecule has 34 heavy (non-hydrogen) atoms. The molecule has 1 aromatic rings. The number of carbonyl (C=O) groups is 2. The molecule has 1 fully saturated rings. The van der Waals surface area contributed by atoms with Gasteiger partial charge in [0.05, 0.1) is 34.1 Å². The predicted octanol–water partition coefficient (Wildman–Crippen LogP) is 6.73. The summed E-state index contributed by atoms with van der Waals surface area (Å²) >= 11 is 12.2. The van der Waals surface area contributed by atoms with Crippen molar-refractivity contribution in [2.24, 2.45) is 23.2 Å². The minimum absolute atomic E-state index is 0.0961. The normalized spacial score (nSPS) is 22.2. The van der Waals surface area contributed by atoms with Crippen LogP contribution in [0.3, 0.4) is 0 Å². The van der Waals surface area contributed by atoms with E-state index in [9.17, 15) is 27.9 Å². The highest BCUT2D eigenvalue weighted by Crippen LogP contribution is 2.52. The van der Waals surface area contributed by atoms with E-state index in [1.54, 1.807) is 12.1 Å². The molecule has 2 aliphatic carbocycles. The molecule has 0 spiro atoms. The maximum absolute atomic E-state index is 13.6. The molecule has 1 aromatic carbocycles. The third-order valence-electron chi connectivity index (χ3n) is 6.87. The standard InChI is InChI=1S/C24H26Cl2F3NO4/c1-13(24(27,28)29)19(14-4-7-16(25)8-5-14)21(31)30-18-12-15(6-9-17(18)26)20(34-2)23(22(32)33)10-3-11-23/h4,6-9,12-14,19-20H,3,5,10-11H2,1-2H3,(H,30,31)(H,32,33)/t13-,14?,19+,20?/m1/s1. The number of allylic oxidation sites excluding steroid dienone is 4. The van der Waals surface area contributed by atoms with Crippen LogP contribution in [0.2, 0.25) is 5.02 Å². The van der Waals surface area contributed by atoms with Crippen LogP contribution in [0.1, 0.15) is 44.3 Å². The van der Waals surface area contributed by atoms with Crippen LogP contribution in [0.4, 0.5) is 18.9 Å². The van der Waals surface area contributed by atoms with Crippen molar-refractivity contribution in [1.29, 1.82) is 0 Å². The van der Waals surface area contributed by atoms with Gasteiger partial charge in [0.2, 0.25) is 5.91 Å². The number of carboxylic acids is 1. The minimum atomic E-state index is -4.59. The molecule has 0 saturated heterocycles. The Morgan fingerprint density at radius 3 is 2.41 bits per heavy atom. The number of benzene rings is 1. The number of alkyl halides is 3. The molecule has 0 bridgehead atoms. The van der Waals surface area contributed by atoms with Crippen LogP contribution in [0.25, 0.3) is 0 Å². The Kier molecular flexibility index (Phi) is 8.05. The number of carboxylic acid groups (broad SMARTS) is 1. The lowest BCUT2D eigenvalue weighted by atomic mass is 9.63. The molecular formula is C24H26Cl2F3NO4. The monoisotopic (exact) mass is 519 g/mol. The summed E-state index contributed by atoms with van der Waals surface area (Å²) < 4.78 is 46.4. The number of rotatable bonds is 8. The molecule has 1 amide bonds. The predicted molar refractivity (Wildman–Crippen MR) is 124 cm³/mol. The number of halogens is 5. The summed E-state index contributed by atoms with van der Waals surface area (Å²) in [6, 6.07) is 4.54. The van der Waals surface area contributed by atoms with E-state index >= 15 is 0 Å². The van der Waals surface area contributed by atoms with Gasteiger partial charge in [0.1, 0.15) is 0 Å². The van der Waals surface area contributed by atoms with E-state index in [2.05, 4.69) is 5.32 Å². The summed E-state index contributed by atoms with van der Waals surface area (Å²) in [4.78, 5) is 25.1. The second-order valence-electron chi connectivity index (χ2n) is 8.86. The molecule has 4 atom stereocenters. The Hall–Kier alpha value is -2.03. The van der Waals surface area contributed by atoms with Gasteiger partial charge in [-0.05, 0) is 49.0 Å². The van der Waals surface area contributed by atoms with Crippen molar-refractivity contribution in [3.05, 3.63) is 52.0 Å². The number of methoxy groups -OCH3 is 1. The Labute approximate surface area is 205 Å². The van der Waals surface area contributed by atoms with Gasteiger partial charge in [0, 0.05) is 12.1 Å². The second-order valence-corrected chi connectivity index (χ2v) is 9.71. The molecule has 10 heteroatoms. The number of amides is 1. The van der Waals surface area contributed by atoms with Crippen LogP contribution < -0.4 is 5.32 Å². The molecule has 5 nitrogen and oxygen atoms in total. The summed E-state index contributed by atoms with van der Waals surface area (Å²) in [6.07, 6.45) is 0.983. The van der Waals surface area contributed by atoms with Crippen molar-refractivity contribution < 1.29 is 32.6 Å². The van der Waals surface area contributed by atoms with Crippen LogP contribution in [0.5, 0.6) is 0 Å². The van der Waals surface area contributed by atoms with Gasteiger partial charge in [-0.15, -0.1) is 0 Å². The van der Waals surface area contributed by atoms with E-state index < -0.39 is 47.3 Å². The molecule has 186 valence electrons. The topological polar surface area (TPSA) is 75.6 Å². The summed E-state index contributed by atoms with van der Waals surface area (Å²) in [7, 11) is 1.40. The molecule has 2 aliphatic rings. The van der Waals surface area contributed by atoms with E-state index in [1.807, 2.05) is 0 Å². The number of ether oxygens (including phenoxy) is 1. The fraction of sp³-hybridized carbons (Fsp3) is 0.500. The number of aliphatic carboxylic acids is 1. The Morgan fingerprint density at radius 1 is 1.26 bits per heavy atom. The van der Waals surface area contributed by atoms with Crippen LogP contribution in [-0.4, -0.2) is 30.3 Å². The highest BCUT2D eigenvalue weighted by molar-refractivity contribution is 6.33. The zero-order valence-corrected chi connectivity index (χ0v) is 20.2. The summed E-state index contributed by atoms with van der Waals surface area (Å²) in [5.41, 5.74) is -0.536. The highest BCUT2D eigenvalue weighted by atomic mass is 35.5. The van der Waals surface area contributed by atoms with Crippen LogP contribution in [0, 0.1) is 23.2 Å². The minimum Gasteiger partial charge on any atom is -0.481 e. The maximum atomic E-state index is 13.6. The van der Waals surface area contributed by atoms with Crippen molar-refractivity contribution in [3.8, 4) is 0 Å². The van der Waals surface area contributed by atoms with Gasteiger partial charge in [0.15, 0.2) is 0 Å². The highest BCUT2D eigenvalue weighted by Gasteiger charge is 2.52. The molecule has 0 aromatic heterocycles. The lowest BCUT2D eigenvalue weighted by Crippen LogP contribution is -2.44. The number of carbonyl (C=O) groups excluding carboxylic acids is 1. The van der Waals surface area contributed by atoms with Gasteiger partial charge in [-0.25, -0.2) is 0 Å². The first-order valence-electron chi connectivity index (χ1n) is 10.9. The quantitative estimate of drug-likeness (QED) is 0.399. The fourth-order valence-corrected chi connectivity index (χ4v) is 5.04. The molecule has 2 N–H and O–H groups in total. The molecule has 2 unspecified atom stereocenters. The smallest absolute Gasteiger partial charge is 0.392 e. The average molecular weight is 520 g/mol. The molecule has 0 heterocycles.